The standard InChI is InChI=1S/C22H28ClN3O3S/c1-25(30(28,29)19-9-4-2-5-10-19)18-11-12-21(23)20(17-18)22(27)24-13-8-16-26-14-6-3-7-15-26/h2,4-5,9-12,17H,3,6-8,13-16H2,1H3,(H,24,27). The van der Waals surface area contributed by atoms with Gasteiger partial charge in [0.15, 0.2) is 0 Å². The van der Waals surface area contributed by atoms with E-state index in [4.69, 9.17) is 11.6 Å². The molecule has 0 saturated carbocycles. The van der Waals surface area contributed by atoms with Crippen molar-refractivity contribution in [1.29, 1.82) is 0 Å². The van der Waals surface area contributed by atoms with E-state index in [1.807, 2.05) is 0 Å². The van der Waals surface area contributed by atoms with Crippen LogP contribution in [0.25, 0.3) is 0 Å². The molecule has 2 aromatic rings. The molecule has 0 atom stereocenters. The predicted octanol–water partition coefficient (Wildman–Crippen LogP) is 3.77. The number of anilines is 1. The van der Waals surface area contributed by atoms with Crippen LogP contribution in [0.5, 0.6) is 0 Å². The Morgan fingerprint density at radius 1 is 1.10 bits per heavy atom. The van der Waals surface area contributed by atoms with Crippen LogP contribution in [0.1, 0.15) is 36.0 Å². The lowest BCUT2D eigenvalue weighted by molar-refractivity contribution is 0.0951. The molecule has 0 aliphatic carbocycles. The molecule has 0 radical (unpaired) electrons. The van der Waals surface area contributed by atoms with Crippen molar-refractivity contribution in [1.82, 2.24) is 10.2 Å². The van der Waals surface area contributed by atoms with Gasteiger partial charge in [-0.3, -0.25) is 9.10 Å². The molecule has 0 bridgehead atoms. The van der Waals surface area contributed by atoms with E-state index in [-0.39, 0.29) is 21.4 Å². The largest absolute Gasteiger partial charge is 0.352 e. The zero-order valence-corrected chi connectivity index (χ0v) is 18.8. The van der Waals surface area contributed by atoms with E-state index in [0.29, 0.717) is 12.2 Å². The second-order valence-corrected chi connectivity index (χ2v) is 9.84. The number of carbonyl (C=O) groups is 1. The van der Waals surface area contributed by atoms with Gasteiger partial charge in [0.05, 0.1) is 21.2 Å². The molecule has 30 heavy (non-hydrogen) atoms. The number of halogens is 1. The Bertz CT molecular complexity index is 961. The molecular weight excluding hydrogens is 422 g/mol. The van der Waals surface area contributed by atoms with Gasteiger partial charge in [-0.15, -0.1) is 0 Å². The lowest BCUT2D eigenvalue weighted by Gasteiger charge is -2.26. The molecule has 1 heterocycles. The van der Waals surface area contributed by atoms with Crippen molar-refractivity contribution in [3.8, 4) is 0 Å². The number of carbonyl (C=O) groups excluding carboxylic acids is 1. The molecule has 0 aromatic heterocycles. The van der Waals surface area contributed by atoms with Gasteiger partial charge < -0.3 is 10.2 Å². The van der Waals surface area contributed by atoms with Crippen LogP contribution in [0, 0.1) is 0 Å². The number of hydrogen-bond acceptors (Lipinski definition) is 4. The normalized spacial score (nSPS) is 15.0. The first-order valence-corrected chi connectivity index (χ1v) is 12.1. The Kier molecular flexibility index (Phi) is 7.75. The van der Waals surface area contributed by atoms with Crippen molar-refractivity contribution in [2.45, 2.75) is 30.6 Å². The Hall–Kier alpha value is -2.09. The summed E-state index contributed by atoms with van der Waals surface area (Å²) in [5.41, 5.74) is 0.643. The van der Waals surface area contributed by atoms with Crippen LogP contribution in [0.2, 0.25) is 5.02 Å². The van der Waals surface area contributed by atoms with Crippen molar-refractivity contribution in [2.24, 2.45) is 0 Å². The lowest BCUT2D eigenvalue weighted by atomic mass is 10.1. The lowest BCUT2D eigenvalue weighted by Crippen LogP contribution is -2.33. The molecular formula is C22H28ClN3O3S. The molecule has 1 aliphatic rings. The molecule has 1 saturated heterocycles. The minimum Gasteiger partial charge on any atom is -0.352 e. The van der Waals surface area contributed by atoms with Gasteiger partial charge in [-0.05, 0) is 69.2 Å². The summed E-state index contributed by atoms with van der Waals surface area (Å²) in [5.74, 6) is -0.300. The molecule has 2 aromatic carbocycles. The summed E-state index contributed by atoms with van der Waals surface area (Å²) in [7, 11) is -2.26. The zero-order valence-electron chi connectivity index (χ0n) is 17.2. The highest BCUT2D eigenvalue weighted by Gasteiger charge is 2.22. The Labute approximate surface area is 183 Å². The van der Waals surface area contributed by atoms with E-state index in [1.165, 1.54) is 44.5 Å². The maximum absolute atomic E-state index is 12.8. The van der Waals surface area contributed by atoms with Crippen LogP contribution >= 0.6 is 11.6 Å². The molecule has 3 rings (SSSR count). The number of nitrogens with zero attached hydrogens (tertiary/aromatic N) is 2. The van der Waals surface area contributed by atoms with Gasteiger partial charge in [-0.1, -0.05) is 36.2 Å². The van der Waals surface area contributed by atoms with Gasteiger partial charge in [0.2, 0.25) is 0 Å². The number of likely N-dealkylation sites (tertiary alicyclic amines) is 1. The van der Waals surface area contributed by atoms with Gasteiger partial charge in [0.25, 0.3) is 15.9 Å². The number of nitrogens with one attached hydrogen (secondary N) is 1. The van der Waals surface area contributed by atoms with E-state index in [9.17, 15) is 13.2 Å². The summed E-state index contributed by atoms with van der Waals surface area (Å²) in [4.78, 5) is 15.2. The van der Waals surface area contributed by atoms with E-state index in [2.05, 4.69) is 10.2 Å². The maximum Gasteiger partial charge on any atom is 0.264 e. The van der Waals surface area contributed by atoms with Crippen LogP contribution in [0.15, 0.2) is 53.4 Å². The first-order chi connectivity index (χ1) is 14.4. The van der Waals surface area contributed by atoms with Gasteiger partial charge >= 0.3 is 0 Å². The molecule has 1 aliphatic heterocycles. The fourth-order valence-corrected chi connectivity index (χ4v) is 4.97. The summed E-state index contributed by atoms with van der Waals surface area (Å²) in [5, 5.41) is 3.19. The van der Waals surface area contributed by atoms with Crippen LogP contribution in [-0.4, -0.2) is 52.5 Å². The number of piperidine rings is 1. The van der Waals surface area contributed by atoms with Crippen LogP contribution in [-0.2, 0) is 10.0 Å². The van der Waals surface area contributed by atoms with Gasteiger partial charge in [-0.2, -0.15) is 0 Å². The number of hydrogen-bond donors (Lipinski definition) is 1. The molecule has 8 heteroatoms. The zero-order chi connectivity index (χ0) is 21.6. The van der Waals surface area contributed by atoms with E-state index in [1.54, 1.807) is 30.3 Å². The van der Waals surface area contributed by atoms with E-state index < -0.39 is 10.0 Å². The summed E-state index contributed by atoms with van der Waals surface area (Å²) in [6.45, 7) is 3.77. The average Bonchev–Trinajstić information content (AvgIpc) is 2.77. The van der Waals surface area contributed by atoms with Crippen LogP contribution < -0.4 is 9.62 Å². The second kappa shape index (κ2) is 10.3. The number of rotatable bonds is 8. The summed E-state index contributed by atoms with van der Waals surface area (Å²) >= 11 is 6.22. The van der Waals surface area contributed by atoms with Gasteiger partial charge in [0, 0.05) is 13.6 Å². The number of sulfonamides is 1. The molecule has 6 nitrogen and oxygen atoms in total. The molecule has 0 unspecified atom stereocenters. The highest BCUT2D eigenvalue weighted by atomic mass is 35.5. The van der Waals surface area contributed by atoms with Gasteiger partial charge in [-0.25, -0.2) is 8.42 Å². The highest BCUT2D eigenvalue weighted by molar-refractivity contribution is 7.92. The third-order valence-electron chi connectivity index (χ3n) is 5.35. The first kappa shape index (κ1) is 22.6. The third-order valence-corrected chi connectivity index (χ3v) is 7.47. The van der Waals surface area contributed by atoms with Gasteiger partial charge in [0.1, 0.15) is 0 Å². The first-order valence-electron chi connectivity index (χ1n) is 10.2. The quantitative estimate of drug-likeness (QED) is 0.623. The highest BCUT2D eigenvalue weighted by Crippen LogP contribution is 2.26. The van der Waals surface area contributed by atoms with Crippen molar-refractivity contribution in [2.75, 3.05) is 37.5 Å². The molecule has 162 valence electrons. The van der Waals surface area contributed by atoms with Crippen LogP contribution in [0.3, 0.4) is 0 Å². The van der Waals surface area contributed by atoms with Crippen LogP contribution in [0.4, 0.5) is 5.69 Å². The topological polar surface area (TPSA) is 69.7 Å². The Morgan fingerprint density at radius 2 is 1.80 bits per heavy atom. The monoisotopic (exact) mass is 449 g/mol. The minimum absolute atomic E-state index is 0.186. The number of benzene rings is 2. The van der Waals surface area contributed by atoms with Crippen molar-refractivity contribution in [3.05, 3.63) is 59.1 Å². The Balaban J connectivity index is 1.64. The summed E-state index contributed by atoms with van der Waals surface area (Å²) in [6, 6.07) is 12.8. The summed E-state index contributed by atoms with van der Waals surface area (Å²) < 4.78 is 26.9. The van der Waals surface area contributed by atoms with Crippen molar-refractivity contribution in [3.63, 3.8) is 0 Å². The fraction of sp³-hybridized carbons (Fsp3) is 0.409. The number of amides is 1. The molecule has 1 fully saturated rings. The van der Waals surface area contributed by atoms with Crippen molar-refractivity contribution >= 4 is 33.2 Å². The van der Waals surface area contributed by atoms with E-state index in [0.717, 1.165) is 30.4 Å². The molecule has 0 spiro atoms. The molecule has 1 N–H and O–H groups in total. The average molecular weight is 450 g/mol. The predicted molar refractivity (Wildman–Crippen MR) is 121 cm³/mol. The Morgan fingerprint density at radius 3 is 2.50 bits per heavy atom. The summed E-state index contributed by atoms with van der Waals surface area (Å²) in [6.07, 6.45) is 4.66. The second-order valence-electron chi connectivity index (χ2n) is 7.46. The smallest absolute Gasteiger partial charge is 0.264 e. The molecule has 1 amide bonds. The SMILES string of the molecule is CN(c1ccc(Cl)c(C(=O)NCCCN2CCCCC2)c1)S(=O)(=O)c1ccccc1. The fourth-order valence-electron chi connectivity index (χ4n) is 3.56. The van der Waals surface area contributed by atoms with E-state index >= 15 is 0 Å². The third kappa shape index (κ3) is 5.53. The maximum atomic E-state index is 12.8. The van der Waals surface area contributed by atoms with Crippen molar-refractivity contribution < 1.29 is 13.2 Å². The minimum atomic E-state index is -3.73.